The largest absolute Gasteiger partial charge is 0.846 e. The lowest BCUT2D eigenvalue weighted by Gasteiger charge is -2.06. The van der Waals surface area contributed by atoms with Gasteiger partial charge in [0.25, 0.3) is 5.69 Å². The summed E-state index contributed by atoms with van der Waals surface area (Å²) in [5, 5.41) is 21.9. The zero-order chi connectivity index (χ0) is 14.5. The molecule has 2 aromatic rings. The molecule has 0 aliphatic rings. The molecular formula is C12H10ClN5O2. The van der Waals surface area contributed by atoms with Gasteiger partial charge in [-0.2, -0.15) is 0 Å². The van der Waals surface area contributed by atoms with Gasteiger partial charge in [-0.05, 0) is 13.0 Å². The van der Waals surface area contributed by atoms with E-state index in [-0.39, 0.29) is 12.6 Å². The third kappa shape index (κ3) is 3.05. The van der Waals surface area contributed by atoms with Gasteiger partial charge < -0.3 is 5.11 Å². The molecular weight excluding hydrogens is 282 g/mol. The van der Waals surface area contributed by atoms with Crippen LogP contribution in [0.2, 0.25) is 5.02 Å². The van der Waals surface area contributed by atoms with Crippen LogP contribution in [-0.2, 0) is 0 Å². The predicted molar refractivity (Wildman–Crippen MR) is 70.3 cm³/mol. The maximum absolute atomic E-state index is 11.3. The molecule has 0 atom stereocenters. The predicted octanol–water partition coefficient (Wildman–Crippen LogP) is 0.0695. The van der Waals surface area contributed by atoms with Gasteiger partial charge in [-0.3, -0.25) is 14.8 Å². The average molecular weight is 292 g/mol. The molecule has 0 amide bonds. The standard InChI is InChI=1S/C12H10ClN5O2/c1-3-7-14-11(19)15-12-16-18(17-20-12)10-6-4-5-9(13)8(10)2/h1,4-6H,7H2,2H3,(H-,14,15,16,17,19). The minimum absolute atomic E-state index is 0.0205. The molecule has 20 heavy (non-hydrogen) atoms. The molecule has 2 rings (SSSR count). The number of aliphatic imine (C=N–C) groups is 1. The van der Waals surface area contributed by atoms with Crippen LogP contribution in [0.15, 0.2) is 27.7 Å². The maximum atomic E-state index is 11.3. The first-order chi connectivity index (χ1) is 9.61. The molecule has 7 nitrogen and oxygen atoms in total. The Bertz CT molecular complexity index is 689. The van der Waals surface area contributed by atoms with E-state index in [4.69, 9.17) is 22.5 Å². The number of hydrogen-bond donors (Lipinski definition) is 1. The molecule has 8 heteroatoms. The minimum Gasteiger partial charge on any atom is -0.846 e. The molecule has 1 aromatic heterocycles. The van der Waals surface area contributed by atoms with E-state index >= 15 is 0 Å². The van der Waals surface area contributed by atoms with Gasteiger partial charge in [0.1, 0.15) is 11.3 Å². The van der Waals surface area contributed by atoms with Crippen molar-refractivity contribution in [2.24, 2.45) is 4.99 Å². The van der Waals surface area contributed by atoms with E-state index in [9.17, 15) is 5.11 Å². The lowest BCUT2D eigenvalue weighted by Crippen LogP contribution is -2.37. The summed E-state index contributed by atoms with van der Waals surface area (Å²) < 4.78 is 4.88. The number of amidine groups is 1. The Hall–Kier alpha value is -2.59. The summed E-state index contributed by atoms with van der Waals surface area (Å²) in [7, 11) is 0. The number of hydrogen-bond acceptors (Lipinski definition) is 5. The Labute approximate surface area is 119 Å². The Kier molecular flexibility index (Phi) is 4.17. The SMILES string of the molecule is C#CCN=C([O-])Nc1n[n+](-c2cccc(Cl)c2C)no1. The van der Waals surface area contributed by atoms with Gasteiger partial charge >= 0.3 is 6.01 Å². The lowest BCUT2D eigenvalue weighted by molar-refractivity contribution is -0.725. The first-order valence-electron chi connectivity index (χ1n) is 5.55. The molecule has 0 aliphatic heterocycles. The molecule has 0 spiro atoms. The van der Waals surface area contributed by atoms with Crippen molar-refractivity contribution >= 4 is 23.6 Å². The number of anilines is 1. The van der Waals surface area contributed by atoms with E-state index in [1.54, 1.807) is 18.2 Å². The van der Waals surface area contributed by atoms with E-state index in [0.717, 1.165) is 5.56 Å². The fraction of sp³-hybridized carbons (Fsp3) is 0.167. The molecule has 0 saturated heterocycles. The van der Waals surface area contributed by atoms with Gasteiger partial charge in [0.15, 0.2) is 0 Å². The highest BCUT2D eigenvalue weighted by molar-refractivity contribution is 6.31. The zero-order valence-electron chi connectivity index (χ0n) is 10.5. The second-order valence-corrected chi connectivity index (χ2v) is 4.11. The van der Waals surface area contributed by atoms with Crippen LogP contribution in [0.3, 0.4) is 0 Å². The van der Waals surface area contributed by atoms with E-state index in [0.29, 0.717) is 10.7 Å². The highest BCUT2D eigenvalue weighted by atomic mass is 35.5. The topological polar surface area (TPSA) is 90.2 Å². The van der Waals surface area contributed by atoms with Crippen molar-refractivity contribution in [2.45, 2.75) is 6.92 Å². The molecule has 102 valence electrons. The van der Waals surface area contributed by atoms with Crippen molar-refractivity contribution < 1.29 is 14.4 Å². The van der Waals surface area contributed by atoms with Crippen molar-refractivity contribution in [2.75, 3.05) is 11.9 Å². The summed E-state index contributed by atoms with van der Waals surface area (Å²) >= 11 is 6.01. The first kappa shape index (κ1) is 13.8. The Morgan fingerprint density at radius 2 is 2.45 bits per heavy atom. The van der Waals surface area contributed by atoms with Crippen LogP contribution >= 0.6 is 11.6 Å². The van der Waals surface area contributed by atoms with E-state index in [2.05, 4.69) is 26.6 Å². The van der Waals surface area contributed by atoms with E-state index in [1.165, 1.54) is 4.80 Å². The highest BCUT2D eigenvalue weighted by Crippen LogP contribution is 2.18. The smallest absolute Gasteiger partial charge is 0.394 e. The minimum atomic E-state index is -0.651. The maximum Gasteiger partial charge on any atom is 0.394 e. The quantitative estimate of drug-likeness (QED) is 0.374. The van der Waals surface area contributed by atoms with E-state index < -0.39 is 6.02 Å². The third-order valence-electron chi connectivity index (χ3n) is 2.37. The van der Waals surface area contributed by atoms with Crippen molar-refractivity contribution in [3.05, 3.63) is 28.8 Å². The summed E-state index contributed by atoms with van der Waals surface area (Å²) in [6.45, 7) is 1.80. The van der Waals surface area contributed by atoms with Crippen molar-refractivity contribution in [1.29, 1.82) is 0 Å². The van der Waals surface area contributed by atoms with Gasteiger partial charge in [0, 0.05) is 11.6 Å². The van der Waals surface area contributed by atoms with Crippen molar-refractivity contribution in [3.8, 4) is 18.0 Å². The van der Waals surface area contributed by atoms with Gasteiger partial charge in [-0.25, -0.2) is 0 Å². The normalized spacial score (nSPS) is 11.2. The summed E-state index contributed by atoms with van der Waals surface area (Å²) in [4.78, 5) is 4.73. The Morgan fingerprint density at radius 1 is 1.65 bits per heavy atom. The monoisotopic (exact) mass is 291 g/mol. The van der Waals surface area contributed by atoms with Gasteiger partial charge in [-0.1, -0.05) is 23.6 Å². The number of nitrogens with one attached hydrogen (secondary N) is 1. The number of benzene rings is 1. The molecule has 0 unspecified atom stereocenters. The van der Waals surface area contributed by atoms with Crippen LogP contribution in [0.1, 0.15) is 5.56 Å². The fourth-order valence-electron chi connectivity index (χ4n) is 1.41. The molecule has 1 N–H and O–H groups in total. The number of rotatable bonds is 3. The molecule has 0 bridgehead atoms. The second-order valence-electron chi connectivity index (χ2n) is 3.70. The lowest BCUT2D eigenvalue weighted by atomic mass is 10.2. The van der Waals surface area contributed by atoms with Crippen LogP contribution in [-0.4, -0.2) is 22.9 Å². The van der Waals surface area contributed by atoms with Crippen molar-refractivity contribution in [1.82, 2.24) is 10.4 Å². The molecule has 0 radical (unpaired) electrons. The van der Waals surface area contributed by atoms with Crippen LogP contribution < -0.4 is 15.2 Å². The number of nitrogens with zero attached hydrogens (tertiary/aromatic N) is 4. The number of halogens is 1. The third-order valence-corrected chi connectivity index (χ3v) is 2.78. The van der Waals surface area contributed by atoms with Crippen LogP contribution in [0.25, 0.3) is 5.69 Å². The fourth-order valence-corrected chi connectivity index (χ4v) is 1.58. The molecule has 1 aromatic carbocycles. The van der Waals surface area contributed by atoms with Crippen LogP contribution in [0.5, 0.6) is 0 Å². The molecule has 1 heterocycles. The Morgan fingerprint density at radius 3 is 3.20 bits per heavy atom. The van der Waals surface area contributed by atoms with E-state index in [1.807, 2.05) is 6.92 Å². The summed E-state index contributed by atoms with van der Waals surface area (Å²) in [6.07, 6.45) is 4.99. The van der Waals surface area contributed by atoms with Crippen molar-refractivity contribution in [3.63, 3.8) is 0 Å². The average Bonchev–Trinajstić information content (AvgIpc) is 2.88. The van der Waals surface area contributed by atoms with Gasteiger partial charge in [0.2, 0.25) is 5.27 Å². The van der Waals surface area contributed by atoms with Gasteiger partial charge in [0.05, 0.1) is 16.1 Å². The molecule has 0 fully saturated rings. The summed E-state index contributed by atoms with van der Waals surface area (Å²) in [6, 6.07) is 4.54. The molecule has 0 aliphatic carbocycles. The molecule has 0 saturated carbocycles. The van der Waals surface area contributed by atoms with Gasteiger partial charge in [-0.15, -0.1) is 6.42 Å². The Balaban J connectivity index is 2.21. The first-order valence-corrected chi connectivity index (χ1v) is 5.93. The number of terminal acetylenes is 1. The number of aromatic nitrogens is 3. The second kappa shape index (κ2) is 6.04. The summed E-state index contributed by atoms with van der Waals surface area (Å²) in [5.41, 5.74) is 1.43. The van der Waals surface area contributed by atoms with Crippen LogP contribution in [0.4, 0.5) is 6.01 Å². The summed E-state index contributed by atoms with van der Waals surface area (Å²) in [5.74, 6) is 2.22. The van der Waals surface area contributed by atoms with Crippen LogP contribution in [0, 0.1) is 19.3 Å². The highest BCUT2D eigenvalue weighted by Gasteiger charge is 2.20. The zero-order valence-corrected chi connectivity index (χ0v) is 11.3.